The molecule has 4 heteroatoms. The number of aryl methyl sites for hydroxylation is 1. The molecule has 4 nitrogen and oxygen atoms in total. The molecule has 0 radical (unpaired) electrons. The lowest BCUT2D eigenvalue weighted by Crippen LogP contribution is -2.38. The van der Waals surface area contributed by atoms with E-state index in [1.54, 1.807) is 14.2 Å². The third kappa shape index (κ3) is 5.51. The van der Waals surface area contributed by atoms with E-state index in [1.165, 1.54) is 17.5 Å². The van der Waals surface area contributed by atoms with Crippen LogP contribution in [0.5, 0.6) is 5.75 Å². The lowest BCUT2D eigenvalue weighted by atomic mass is 10.1. The number of hydrogen-bond acceptors (Lipinski definition) is 2. The number of guanidine groups is 1. The Morgan fingerprint density at radius 1 is 1.25 bits per heavy atom. The fourth-order valence-electron chi connectivity index (χ4n) is 1.95. The molecule has 0 aromatic heterocycles. The minimum absolute atomic E-state index is 0.859. The maximum Gasteiger partial charge on any atom is 0.190 e. The van der Waals surface area contributed by atoms with Crippen LogP contribution in [-0.4, -0.2) is 33.2 Å². The normalized spacial score (nSPS) is 11.3. The molecule has 1 aromatic carbocycles. The second-order valence-electron chi connectivity index (χ2n) is 4.83. The summed E-state index contributed by atoms with van der Waals surface area (Å²) in [5, 5.41) is 6.63. The Bertz CT molecular complexity index is 430. The number of benzene rings is 1. The van der Waals surface area contributed by atoms with Crippen molar-refractivity contribution in [3.63, 3.8) is 0 Å². The van der Waals surface area contributed by atoms with Crippen molar-refractivity contribution in [1.82, 2.24) is 10.6 Å². The standard InChI is InChI=1S/C16H27N3O/c1-5-6-10-18-16(17-3)19-11-9-14-8-7-13(2)15(12-14)20-4/h7-8,12H,5-6,9-11H2,1-4H3,(H2,17,18,19). The quantitative estimate of drug-likeness (QED) is 0.457. The summed E-state index contributed by atoms with van der Waals surface area (Å²) >= 11 is 0. The number of ether oxygens (including phenoxy) is 1. The van der Waals surface area contributed by atoms with Crippen molar-refractivity contribution in [3.05, 3.63) is 29.3 Å². The van der Waals surface area contributed by atoms with Crippen molar-refractivity contribution >= 4 is 5.96 Å². The van der Waals surface area contributed by atoms with E-state index < -0.39 is 0 Å². The van der Waals surface area contributed by atoms with Crippen LogP contribution >= 0.6 is 0 Å². The van der Waals surface area contributed by atoms with Gasteiger partial charge in [-0.05, 0) is 37.0 Å². The van der Waals surface area contributed by atoms with Gasteiger partial charge >= 0.3 is 0 Å². The maximum atomic E-state index is 5.34. The lowest BCUT2D eigenvalue weighted by molar-refractivity contribution is 0.411. The first-order valence-corrected chi connectivity index (χ1v) is 7.29. The maximum absolute atomic E-state index is 5.34. The fraction of sp³-hybridized carbons (Fsp3) is 0.562. The first-order chi connectivity index (χ1) is 9.71. The summed E-state index contributed by atoms with van der Waals surface area (Å²) in [6.07, 6.45) is 3.30. The lowest BCUT2D eigenvalue weighted by Gasteiger charge is -2.12. The van der Waals surface area contributed by atoms with Gasteiger partial charge in [0.05, 0.1) is 7.11 Å². The number of hydrogen-bond donors (Lipinski definition) is 2. The third-order valence-corrected chi connectivity index (χ3v) is 3.22. The van der Waals surface area contributed by atoms with E-state index in [1.807, 2.05) is 0 Å². The van der Waals surface area contributed by atoms with Crippen LogP contribution in [0.4, 0.5) is 0 Å². The van der Waals surface area contributed by atoms with Gasteiger partial charge in [0.25, 0.3) is 0 Å². The topological polar surface area (TPSA) is 45.7 Å². The molecule has 0 amide bonds. The highest BCUT2D eigenvalue weighted by Gasteiger charge is 2.01. The van der Waals surface area contributed by atoms with Crippen molar-refractivity contribution < 1.29 is 4.74 Å². The highest BCUT2D eigenvalue weighted by atomic mass is 16.5. The molecule has 0 aliphatic carbocycles. The Morgan fingerprint density at radius 3 is 2.65 bits per heavy atom. The Balaban J connectivity index is 2.39. The van der Waals surface area contributed by atoms with Crippen LogP contribution < -0.4 is 15.4 Å². The van der Waals surface area contributed by atoms with Crippen molar-refractivity contribution in [2.24, 2.45) is 4.99 Å². The Kier molecular flexibility index (Phi) is 7.55. The molecule has 0 aliphatic rings. The van der Waals surface area contributed by atoms with E-state index in [4.69, 9.17) is 4.74 Å². The molecular weight excluding hydrogens is 250 g/mol. The van der Waals surface area contributed by atoms with Gasteiger partial charge < -0.3 is 15.4 Å². The molecule has 0 bridgehead atoms. The molecule has 2 N–H and O–H groups in total. The monoisotopic (exact) mass is 277 g/mol. The molecule has 1 aromatic rings. The average Bonchev–Trinajstić information content (AvgIpc) is 2.47. The molecule has 0 saturated heterocycles. The van der Waals surface area contributed by atoms with Crippen molar-refractivity contribution in [3.8, 4) is 5.75 Å². The number of rotatable bonds is 7. The first-order valence-electron chi connectivity index (χ1n) is 7.29. The van der Waals surface area contributed by atoms with Gasteiger partial charge in [0.2, 0.25) is 0 Å². The van der Waals surface area contributed by atoms with Gasteiger partial charge in [-0.3, -0.25) is 4.99 Å². The Hall–Kier alpha value is -1.71. The minimum atomic E-state index is 0.859. The van der Waals surface area contributed by atoms with Crippen molar-refractivity contribution in [2.75, 3.05) is 27.2 Å². The zero-order valence-electron chi connectivity index (χ0n) is 13.1. The predicted octanol–water partition coefficient (Wildman–Crippen LogP) is 2.51. The Labute approximate surface area is 122 Å². The van der Waals surface area contributed by atoms with Crippen LogP contribution in [0, 0.1) is 6.92 Å². The van der Waals surface area contributed by atoms with Crippen molar-refractivity contribution in [2.45, 2.75) is 33.1 Å². The zero-order chi connectivity index (χ0) is 14.8. The number of nitrogens with zero attached hydrogens (tertiary/aromatic N) is 1. The summed E-state index contributed by atoms with van der Waals surface area (Å²) in [6.45, 7) is 6.07. The Morgan fingerprint density at radius 2 is 2.00 bits per heavy atom. The van der Waals surface area contributed by atoms with Crippen LogP contribution in [0.2, 0.25) is 0 Å². The summed E-state index contributed by atoms with van der Waals surface area (Å²) < 4.78 is 5.34. The third-order valence-electron chi connectivity index (χ3n) is 3.22. The van der Waals surface area contributed by atoms with E-state index in [0.717, 1.165) is 37.6 Å². The first kappa shape index (κ1) is 16.3. The summed E-state index contributed by atoms with van der Waals surface area (Å²) in [7, 11) is 3.51. The molecule has 0 saturated carbocycles. The van der Waals surface area contributed by atoms with Gasteiger partial charge in [0.1, 0.15) is 5.75 Å². The molecule has 1 rings (SSSR count). The van der Waals surface area contributed by atoms with E-state index >= 15 is 0 Å². The molecular formula is C16H27N3O. The molecule has 0 atom stereocenters. The average molecular weight is 277 g/mol. The van der Waals surface area contributed by atoms with Gasteiger partial charge in [-0.15, -0.1) is 0 Å². The van der Waals surface area contributed by atoms with Crippen LogP contribution in [0.1, 0.15) is 30.9 Å². The molecule has 112 valence electrons. The van der Waals surface area contributed by atoms with Crippen LogP contribution in [0.15, 0.2) is 23.2 Å². The molecule has 0 fully saturated rings. The highest BCUT2D eigenvalue weighted by molar-refractivity contribution is 5.79. The summed E-state index contributed by atoms with van der Waals surface area (Å²) in [5.41, 5.74) is 2.44. The van der Waals surface area contributed by atoms with Gasteiger partial charge in [0.15, 0.2) is 5.96 Å². The van der Waals surface area contributed by atoms with Gasteiger partial charge in [-0.2, -0.15) is 0 Å². The second-order valence-corrected chi connectivity index (χ2v) is 4.83. The molecule has 0 spiro atoms. The van der Waals surface area contributed by atoms with E-state index in [-0.39, 0.29) is 0 Å². The van der Waals surface area contributed by atoms with E-state index in [0.29, 0.717) is 0 Å². The largest absolute Gasteiger partial charge is 0.496 e. The molecule has 20 heavy (non-hydrogen) atoms. The summed E-state index contributed by atoms with van der Waals surface area (Å²) in [5.74, 6) is 1.82. The van der Waals surface area contributed by atoms with Gasteiger partial charge in [-0.1, -0.05) is 25.5 Å². The molecule has 0 heterocycles. The van der Waals surface area contributed by atoms with Crippen LogP contribution in [0.3, 0.4) is 0 Å². The van der Waals surface area contributed by atoms with E-state index in [2.05, 4.69) is 47.7 Å². The minimum Gasteiger partial charge on any atom is -0.496 e. The number of unbranched alkanes of at least 4 members (excludes halogenated alkanes) is 1. The van der Waals surface area contributed by atoms with Crippen LogP contribution in [-0.2, 0) is 6.42 Å². The van der Waals surface area contributed by atoms with E-state index in [9.17, 15) is 0 Å². The van der Waals surface area contributed by atoms with Crippen LogP contribution in [0.25, 0.3) is 0 Å². The fourth-order valence-corrected chi connectivity index (χ4v) is 1.95. The second kappa shape index (κ2) is 9.23. The summed E-state index contributed by atoms with van der Waals surface area (Å²) in [4.78, 5) is 4.21. The summed E-state index contributed by atoms with van der Waals surface area (Å²) in [6, 6.07) is 6.35. The van der Waals surface area contributed by atoms with Gasteiger partial charge in [0, 0.05) is 20.1 Å². The zero-order valence-corrected chi connectivity index (χ0v) is 13.1. The number of nitrogens with one attached hydrogen (secondary N) is 2. The van der Waals surface area contributed by atoms with Gasteiger partial charge in [-0.25, -0.2) is 0 Å². The highest BCUT2D eigenvalue weighted by Crippen LogP contribution is 2.18. The molecule has 0 unspecified atom stereocenters. The SMILES string of the molecule is CCCCNC(=NC)NCCc1ccc(C)c(OC)c1. The van der Waals surface area contributed by atoms with Crippen molar-refractivity contribution in [1.29, 1.82) is 0 Å². The molecule has 0 aliphatic heterocycles. The number of aliphatic imine (C=N–C) groups is 1. The predicted molar refractivity (Wildman–Crippen MR) is 85.7 cm³/mol. The number of methoxy groups -OCH3 is 1. The smallest absolute Gasteiger partial charge is 0.190 e.